The number of ether oxygens (including phenoxy) is 1. The molecule has 1 N–H and O–H groups in total. The van der Waals surface area contributed by atoms with Gasteiger partial charge in [-0.05, 0) is 37.0 Å². The van der Waals surface area contributed by atoms with Gasteiger partial charge in [0.1, 0.15) is 5.75 Å². The summed E-state index contributed by atoms with van der Waals surface area (Å²) in [4.78, 5) is 25.6. The lowest BCUT2D eigenvalue weighted by Gasteiger charge is -2.15. The first kappa shape index (κ1) is 16.3. The van der Waals surface area contributed by atoms with Gasteiger partial charge in [-0.15, -0.1) is 0 Å². The van der Waals surface area contributed by atoms with Crippen molar-refractivity contribution < 1.29 is 14.3 Å². The molecular formula is C17H24N2O3. The summed E-state index contributed by atoms with van der Waals surface area (Å²) in [5.74, 6) is 0.923. The molecule has 0 bridgehead atoms. The third-order valence-corrected chi connectivity index (χ3v) is 4.08. The third-order valence-electron chi connectivity index (χ3n) is 4.08. The van der Waals surface area contributed by atoms with Crippen LogP contribution in [0.15, 0.2) is 18.2 Å². The lowest BCUT2D eigenvalue weighted by Crippen LogP contribution is -2.22. The summed E-state index contributed by atoms with van der Waals surface area (Å²) in [6.07, 6.45) is 5.29. The summed E-state index contributed by atoms with van der Waals surface area (Å²) in [6.45, 7) is 0. The maximum Gasteiger partial charge on any atom is 0.253 e. The van der Waals surface area contributed by atoms with Crippen molar-refractivity contribution in [1.82, 2.24) is 4.90 Å². The second-order valence-corrected chi connectivity index (χ2v) is 6.02. The van der Waals surface area contributed by atoms with Crippen molar-refractivity contribution in [3.8, 4) is 5.75 Å². The van der Waals surface area contributed by atoms with Gasteiger partial charge in [0.15, 0.2) is 0 Å². The van der Waals surface area contributed by atoms with E-state index >= 15 is 0 Å². The van der Waals surface area contributed by atoms with Crippen molar-refractivity contribution in [1.29, 1.82) is 0 Å². The standard InChI is InChI=1S/C17H24N2O3/c1-19(2)17(21)13-8-9-14(15(11-13)22-3)18-16(20)10-12-6-4-5-7-12/h8-9,11-12H,4-7,10H2,1-3H3,(H,18,20). The molecule has 0 atom stereocenters. The lowest BCUT2D eigenvalue weighted by atomic mass is 10.0. The summed E-state index contributed by atoms with van der Waals surface area (Å²) in [7, 11) is 4.93. The van der Waals surface area contributed by atoms with E-state index in [9.17, 15) is 9.59 Å². The fourth-order valence-electron chi connectivity index (χ4n) is 2.86. The van der Waals surface area contributed by atoms with Gasteiger partial charge in [0.2, 0.25) is 5.91 Å². The number of hydrogen-bond donors (Lipinski definition) is 1. The summed E-state index contributed by atoms with van der Waals surface area (Å²) in [5.41, 5.74) is 1.15. The Balaban J connectivity index is 2.06. The van der Waals surface area contributed by atoms with Gasteiger partial charge in [-0.2, -0.15) is 0 Å². The van der Waals surface area contributed by atoms with Crippen LogP contribution in [0.4, 0.5) is 5.69 Å². The minimum Gasteiger partial charge on any atom is -0.495 e. The molecular weight excluding hydrogens is 280 g/mol. The van der Waals surface area contributed by atoms with E-state index in [1.807, 2.05) is 0 Å². The van der Waals surface area contributed by atoms with Crippen LogP contribution in [0.5, 0.6) is 5.75 Å². The SMILES string of the molecule is COc1cc(C(=O)N(C)C)ccc1NC(=O)CC1CCCC1. The van der Waals surface area contributed by atoms with E-state index < -0.39 is 0 Å². The summed E-state index contributed by atoms with van der Waals surface area (Å²) >= 11 is 0. The molecule has 1 fully saturated rings. The minimum absolute atomic E-state index is 0.0110. The van der Waals surface area contributed by atoms with E-state index in [1.165, 1.54) is 24.9 Å². The number of nitrogens with one attached hydrogen (secondary N) is 1. The number of nitrogens with zero attached hydrogens (tertiary/aromatic N) is 1. The van der Waals surface area contributed by atoms with Crippen molar-refractivity contribution >= 4 is 17.5 Å². The van der Waals surface area contributed by atoms with Gasteiger partial charge < -0.3 is 15.0 Å². The van der Waals surface area contributed by atoms with Crippen LogP contribution in [-0.4, -0.2) is 37.9 Å². The van der Waals surface area contributed by atoms with Gasteiger partial charge in [-0.1, -0.05) is 12.8 Å². The number of hydrogen-bond acceptors (Lipinski definition) is 3. The minimum atomic E-state index is -0.0952. The Morgan fingerprint density at radius 2 is 1.95 bits per heavy atom. The number of anilines is 1. The number of rotatable bonds is 5. The van der Waals surface area contributed by atoms with Crippen LogP contribution in [0, 0.1) is 5.92 Å². The van der Waals surface area contributed by atoms with E-state index in [1.54, 1.807) is 32.3 Å². The largest absolute Gasteiger partial charge is 0.495 e. The maximum absolute atomic E-state index is 12.1. The molecule has 0 saturated heterocycles. The highest BCUT2D eigenvalue weighted by molar-refractivity contribution is 5.97. The number of carbonyl (C=O) groups is 2. The van der Waals surface area contributed by atoms with Gasteiger partial charge in [-0.25, -0.2) is 0 Å². The monoisotopic (exact) mass is 304 g/mol. The molecule has 2 rings (SSSR count). The molecule has 0 aliphatic heterocycles. The number of carbonyl (C=O) groups excluding carboxylic acids is 2. The second kappa shape index (κ2) is 7.29. The van der Waals surface area contributed by atoms with Crippen LogP contribution in [0.25, 0.3) is 0 Å². The molecule has 2 amide bonds. The van der Waals surface area contributed by atoms with E-state index in [2.05, 4.69) is 5.32 Å². The normalized spacial score (nSPS) is 14.7. The molecule has 120 valence electrons. The summed E-state index contributed by atoms with van der Waals surface area (Å²) in [6, 6.07) is 5.09. The van der Waals surface area contributed by atoms with E-state index in [0.717, 1.165) is 12.8 Å². The van der Waals surface area contributed by atoms with Crippen molar-refractivity contribution in [3.63, 3.8) is 0 Å². The molecule has 0 spiro atoms. The van der Waals surface area contributed by atoms with Gasteiger partial charge in [-0.3, -0.25) is 9.59 Å². The van der Waals surface area contributed by atoms with E-state index in [0.29, 0.717) is 29.3 Å². The maximum atomic E-state index is 12.1. The fraction of sp³-hybridized carbons (Fsp3) is 0.529. The highest BCUT2D eigenvalue weighted by Crippen LogP contribution is 2.30. The van der Waals surface area contributed by atoms with Gasteiger partial charge in [0.05, 0.1) is 12.8 Å². The highest BCUT2D eigenvalue weighted by atomic mass is 16.5. The molecule has 0 unspecified atom stereocenters. The molecule has 5 heteroatoms. The molecule has 0 aromatic heterocycles. The van der Waals surface area contributed by atoms with E-state index in [-0.39, 0.29) is 11.8 Å². The molecule has 22 heavy (non-hydrogen) atoms. The zero-order valence-electron chi connectivity index (χ0n) is 13.5. The van der Waals surface area contributed by atoms with Crippen molar-refractivity contribution in [2.24, 2.45) is 5.92 Å². The Morgan fingerprint density at radius 3 is 2.55 bits per heavy atom. The molecule has 1 saturated carbocycles. The highest BCUT2D eigenvalue weighted by Gasteiger charge is 2.19. The van der Waals surface area contributed by atoms with Crippen LogP contribution < -0.4 is 10.1 Å². The summed E-state index contributed by atoms with van der Waals surface area (Å²) in [5, 5.41) is 2.89. The van der Waals surface area contributed by atoms with Gasteiger partial charge in [0, 0.05) is 26.1 Å². The van der Waals surface area contributed by atoms with Crippen LogP contribution in [-0.2, 0) is 4.79 Å². The predicted octanol–water partition coefficient (Wildman–Crippen LogP) is 2.92. The van der Waals surface area contributed by atoms with E-state index in [4.69, 9.17) is 4.74 Å². The Labute approximate surface area is 131 Å². The smallest absolute Gasteiger partial charge is 0.253 e. The topological polar surface area (TPSA) is 58.6 Å². The number of benzene rings is 1. The Bertz CT molecular complexity index is 549. The van der Waals surface area contributed by atoms with Gasteiger partial charge >= 0.3 is 0 Å². The molecule has 1 aromatic carbocycles. The second-order valence-electron chi connectivity index (χ2n) is 6.02. The molecule has 1 aromatic rings. The number of amides is 2. The predicted molar refractivity (Wildman–Crippen MR) is 86.2 cm³/mol. The molecule has 0 heterocycles. The summed E-state index contributed by atoms with van der Waals surface area (Å²) < 4.78 is 5.30. The van der Waals surface area contributed by atoms with Crippen molar-refractivity contribution in [2.45, 2.75) is 32.1 Å². The molecule has 1 aliphatic rings. The third kappa shape index (κ3) is 4.00. The van der Waals surface area contributed by atoms with Crippen LogP contribution >= 0.6 is 0 Å². The number of methoxy groups -OCH3 is 1. The Morgan fingerprint density at radius 1 is 1.27 bits per heavy atom. The fourth-order valence-corrected chi connectivity index (χ4v) is 2.86. The first-order valence-electron chi connectivity index (χ1n) is 7.70. The zero-order chi connectivity index (χ0) is 16.1. The lowest BCUT2D eigenvalue weighted by molar-refractivity contribution is -0.117. The quantitative estimate of drug-likeness (QED) is 0.910. The zero-order valence-corrected chi connectivity index (χ0v) is 13.5. The van der Waals surface area contributed by atoms with Crippen molar-refractivity contribution in [2.75, 3.05) is 26.5 Å². The first-order chi connectivity index (χ1) is 10.5. The molecule has 1 aliphatic carbocycles. The average Bonchev–Trinajstić information content (AvgIpc) is 2.99. The van der Waals surface area contributed by atoms with Crippen molar-refractivity contribution in [3.05, 3.63) is 23.8 Å². The van der Waals surface area contributed by atoms with Gasteiger partial charge in [0.25, 0.3) is 5.91 Å². The Hall–Kier alpha value is -2.04. The average molecular weight is 304 g/mol. The van der Waals surface area contributed by atoms with Crippen LogP contribution in [0.1, 0.15) is 42.5 Å². The molecule has 5 nitrogen and oxygen atoms in total. The van der Waals surface area contributed by atoms with Crippen LogP contribution in [0.2, 0.25) is 0 Å². The van der Waals surface area contributed by atoms with Crippen LogP contribution in [0.3, 0.4) is 0 Å². The molecule has 0 radical (unpaired) electrons. The Kier molecular flexibility index (Phi) is 5.41. The first-order valence-corrected chi connectivity index (χ1v) is 7.70.